The van der Waals surface area contributed by atoms with Gasteiger partial charge in [0.15, 0.2) is 0 Å². The molecule has 5 N–H and O–H groups in total. The van der Waals surface area contributed by atoms with Crippen LogP contribution in [0.15, 0.2) is 0 Å². The lowest BCUT2D eigenvalue weighted by Crippen LogP contribution is -2.50. The predicted molar refractivity (Wildman–Crippen MR) is 84.5 cm³/mol. The highest BCUT2D eigenvalue weighted by atomic mass is 32.2. The fourth-order valence-electron chi connectivity index (χ4n) is 1.77. The Kier molecular flexibility index (Phi) is 11.5. The van der Waals surface area contributed by atoms with E-state index < -0.39 is 6.04 Å². The van der Waals surface area contributed by atoms with E-state index in [2.05, 4.69) is 5.32 Å². The summed E-state index contributed by atoms with van der Waals surface area (Å²) >= 11 is 1.64. The van der Waals surface area contributed by atoms with Crippen molar-refractivity contribution in [2.24, 2.45) is 11.5 Å². The number of amides is 2. The summed E-state index contributed by atoms with van der Waals surface area (Å²) in [6, 6.07) is -0.465. The molecule has 0 unspecified atom stereocenters. The Morgan fingerprint density at radius 2 is 1.75 bits per heavy atom. The first-order valence-electron chi connectivity index (χ1n) is 7.10. The van der Waals surface area contributed by atoms with Crippen LogP contribution in [0.3, 0.4) is 0 Å². The summed E-state index contributed by atoms with van der Waals surface area (Å²) < 4.78 is 0. The number of nitrogens with one attached hydrogen (secondary N) is 1. The highest BCUT2D eigenvalue weighted by Crippen LogP contribution is 2.07. The molecule has 0 fully saturated rings. The van der Waals surface area contributed by atoms with Crippen LogP contribution < -0.4 is 16.8 Å². The highest BCUT2D eigenvalue weighted by Gasteiger charge is 2.24. The SMILES string of the molecule is CCSC[C@@H](NC(C)=O)C(=O)N(CCCN)CCCN. The first kappa shape index (κ1) is 19.2. The van der Waals surface area contributed by atoms with E-state index in [4.69, 9.17) is 11.5 Å². The smallest absolute Gasteiger partial charge is 0.246 e. The van der Waals surface area contributed by atoms with Crippen LogP contribution in [-0.2, 0) is 9.59 Å². The Balaban J connectivity index is 4.67. The topological polar surface area (TPSA) is 101 Å². The van der Waals surface area contributed by atoms with E-state index in [1.54, 1.807) is 16.7 Å². The number of rotatable bonds is 11. The van der Waals surface area contributed by atoms with E-state index in [1.165, 1.54) is 6.92 Å². The van der Waals surface area contributed by atoms with Crippen molar-refractivity contribution in [3.63, 3.8) is 0 Å². The van der Waals surface area contributed by atoms with E-state index in [9.17, 15) is 9.59 Å². The van der Waals surface area contributed by atoms with E-state index in [0.717, 1.165) is 18.6 Å². The van der Waals surface area contributed by atoms with Crippen molar-refractivity contribution >= 4 is 23.6 Å². The van der Waals surface area contributed by atoms with Gasteiger partial charge in [-0.3, -0.25) is 9.59 Å². The van der Waals surface area contributed by atoms with Gasteiger partial charge in [-0.15, -0.1) is 0 Å². The molecule has 118 valence electrons. The lowest BCUT2D eigenvalue weighted by molar-refractivity contribution is -0.135. The Morgan fingerprint density at radius 1 is 1.20 bits per heavy atom. The molecule has 0 aromatic rings. The summed E-state index contributed by atoms with van der Waals surface area (Å²) in [5.41, 5.74) is 11.0. The summed E-state index contributed by atoms with van der Waals surface area (Å²) in [5.74, 6) is 1.28. The molecule has 20 heavy (non-hydrogen) atoms. The third kappa shape index (κ3) is 8.39. The molecule has 0 aliphatic rings. The minimum absolute atomic E-state index is 0.0388. The third-order valence-corrected chi connectivity index (χ3v) is 3.72. The second-order valence-electron chi connectivity index (χ2n) is 4.52. The molecule has 0 spiro atoms. The summed E-state index contributed by atoms with van der Waals surface area (Å²) in [6.07, 6.45) is 1.51. The lowest BCUT2D eigenvalue weighted by Gasteiger charge is -2.27. The largest absolute Gasteiger partial charge is 0.344 e. The summed E-state index contributed by atoms with van der Waals surface area (Å²) in [6.45, 7) is 5.77. The van der Waals surface area contributed by atoms with Gasteiger partial charge in [-0.2, -0.15) is 11.8 Å². The zero-order chi connectivity index (χ0) is 15.4. The minimum Gasteiger partial charge on any atom is -0.344 e. The van der Waals surface area contributed by atoms with Crippen molar-refractivity contribution in [2.75, 3.05) is 37.7 Å². The van der Waals surface area contributed by atoms with Crippen LogP contribution in [0.25, 0.3) is 0 Å². The monoisotopic (exact) mass is 304 g/mol. The molecule has 0 aromatic carbocycles. The zero-order valence-electron chi connectivity index (χ0n) is 12.6. The Bertz CT molecular complexity index is 282. The van der Waals surface area contributed by atoms with Gasteiger partial charge >= 0.3 is 0 Å². The number of thioether (sulfide) groups is 1. The van der Waals surface area contributed by atoms with Crippen LogP contribution in [0.1, 0.15) is 26.7 Å². The average Bonchev–Trinajstić information content (AvgIpc) is 2.42. The number of hydrogen-bond donors (Lipinski definition) is 3. The van der Waals surface area contributed by atoms with Crippen LogP contribution in [0, 0.1) is 0 Å². The molecular weight excluding hydrogens is 276 g/mol. The molecule has 0 saturated heterocycles. The van der Waals surface area contributed by atoms with Gasteiger partial charge in [0.25, 0.3) is 0 Å². The van der Waals surface area contributed by atoms with Crippen molar-refractivity contribution < 1.29 is 9.59 Å². The van der Waals surface area contributed by atoms with E-state index in [-0.39, 0.29) is 11.8 Å². The molecule has 7 heteroatoms. The molecule has 1 atom stereocenters. The molecule has 0 rings (SSSR count). The van der Waals surface area contributed by atoms with Gasteiger partial charge in [0, 0.05) is 25.8 Å². The second-order valence-corrected chi connectivity index (χ2v) is 5.84. The highest BCUT2D eigenvalue weighted by molar-refractivity contribution is 7.99. The number of nitrogens with zero attached hydrogens (tertiary/aromatic N) is 1. The van der Waals surface area contributed by atoms with Gasteiger partial charge in [-0.25, -0.2) is 0 Å². The average molecular weight is 304 g/mol. The molecule has 2 amide bonds. The van der Waals surface area contributed by atoms with Crippen LogP contribution in [0.4, 0.5) is 0 Å². The third-order valence-electron chi connectivity index (χ3n) is 2.74. The molecular formula is C13H28N4O2S. The minimum atomic E-state index is -0.465. The van der Waals surface area contributed by atoms with Gasteiger partial charge < -0.3 is 21.7 Å². The summed E-state index contributed by atoms with van der Waals surface area (Å²) in [4.78, 5) is 25.5. The Morgan fingerprint density at radius 3 is 2.15 bits per heavy atom. The first-order chi connectivity index (χ1) is 9.56. The van der Waals surface area contributed by atoms with Crippen LogP contribution >= 0.6 is 11.8 Å². The maximum atomic E-state index is 12.5. The van der Waals surface area contributed by atoms with Gasteiger partial charge in [0.1, 0.15) is 6.04 Å². The molecule has 0 radical (unpaired) electrons. The molecule has 6 nitrogen and oxygen atoms in total. The normalized spacial score (nSPS) is 12.0. The maximum Gasteiger partial charge on any atom is 0.246 e. The van der Waals surface area contributed by atoms with Crippen LogP contribution in [0.5, 0.6) is 0 Å². The fraction of sp³-hybridized carbons (Fsp3) is 0.846. The van der Waals surface area contributed by atoms with E-state index >= 15 is 0 Å². The predicted octanol–water partition coefficient (Wildman–Crippen LogP) is -0.230. The molecule has 0 aliphatic heterocycles. The van der Waals surface area contributed by atoms with Gasteiger partial charge in [-0.1, -0.05) is 6.92 Å². The van der Waals surface area contributed by atoms with Crippen molar-refractivity contribution in [1.82, 2.24) is 10.2 Å². The summed E-state index contributed by atoms with van der Waals surface area (Å²) in [5, 5.41) is 2.73. The first-order valence-corrected chi connectivity index (χ1v) is 8.26. The van der Waals surface area contributed by atoms with Gasteiger partial charge in [0.2, 0.25) is 11.8 Å². The van der Waals surface area contributed by atoms with Crippen molar-refractivity contribution in [1.29, 1.82) is 0 Å². The molecule has 0 heterocycles. The van der Waals surface area contributed by atoms with Crippen LogP contribution in [0.2, 0.25) is 0 Å². The van der Waals surface area contributed by atoms with Crippen molar-refractivity contribution in [3.05, 3.63) is 0 Å². The number of carbonyl (C=O) groups is 2. The number of hydrogen-bond acceptors (Lipinski definition) is 5. The van der Waals surface area contributed by atoms with Crippen LogP contribution in [-0.4, -0.2) is 60.4 Å². The summed E-state index contributed by atoms with van der Waals surface area (Å²) in [7, 11) is 0. The van der Waals surface area contributed by atoms with Crippen molar-refractivity contribution in [2.45, 2.75) is 32.7 Å². The quantitative estimate of drug-likeness (QED) is 0.489. The number of nitrogens with two attached hydrogens (primary N) is 2. The second kappa shape index (κ2) is 12.0. The molecule has 0 aromatic heterocycles. The zero-order valence-corrected chi connectivity index (χ0v) is 13.4. The standard InChI is InChI=1S/C13H28N4O2S/c1-3-20-10-12(16-11(2)18)13(19)17(8-4-6-14)9-5-7-15/h12H,3-10,14-15H2,1-2H3,(H,16,18)/t12-/m1/s1. The van der Waals surface area contributed by atoms with E-state index in [0.29, 0.717) is 31.9 Å². The lowest BCUT2D eigenvalue weighted by atomic mass is 10.2. The van der Waals surface area contributed by atoms with Gasteiger partial charge in [-0.05, 0) is 31.7 Å². The number of carbonyl (C=O) groups excluding carboxylic acids is 2. The Labute approximate surface area is 126 Å². The van der Waals surface area contributed by atoms with Gasteiger partial charge in [0.05, 0.1) is 0 Å². The maximum absolute atomic E-state index is 12.5. The Hall–Kier alpha value is -0.790. The van der Waals surface area contributed by atoms with Crippen molar-refractivity contribution in [3.8, 4) is 0 Å². The molecule has 0 saturated carbocycles. The molecule has 0 bridgehead atoms. The van der Waals surface area contributed by atoms with E-state index in [1.807, 2.05) is 6.92 Å². The molecule has 0 aliphatic carbocycles. The fourth-order valence-corrected chi connectivity index (χ4v) is 2.47.